The molecule has 3 fully saturated rings. The zero-order chi connectivity index (χ0) is 14.1. The summed E-state index contributed by atoms with van der Waals surface area (Å²) in [5.74, 6) is 0.974. The molecule has 1 aliphatic carbocycles. The van der Waals surface area contributed by atoms with Gasteiger partial charge in [-0.15, -0.1) is 0 Å². The Hall–Kier alpha value is -0.160. The van der Waals surface area contributed by atoms with E-state index in [1.165, 1.54) is 58.5 Å². The summed E-state index contributed by atoms with van der Waals surface area (Å²) in [6, 6.07) is 2.22. The van der Waals surface area contributed by atoms with Gasteiger partial charge in [0.25, 0.3) is 0 Å². The van der Waals surface area contributed by atoms with Crippen LogP contribution < -0.4 is 5.32 Å². The molecule has 3 aliphatic rings. The summed E-state index contributed by atoms with van der Waals surface area (Å²) < 4.78 is 0. The van der Waals surface area contributed by atoms with Crippen LogP contribution in [0.2, 0.25) is 0 Å². The first-order chi connectivity index (χ1) is 9.67. The highest BCUT2D eigenvalue weighted by molar-refractivity contribution is 4.95. The van der Waals surface area contributed by atoms with E-state index in [4.69, 9.17) is 0 Å². The second kappa shape index (κ2) is 6.30. The fourth-order valence-electron chi connectivity index (χ4n) is 3.89. The topological polar surface area (TPSA) is 21.8 Å². The number of nitrogens with zero attached hydrogens (tertiary/aromatic N) is 3. The van der Waals surface area contributed by atoms with Gasteiger partial charge in [-0.3, -0.25) is 9.80 Å². The highest BCUT2D eigenvalue weighted by atomic mass is 15.3. The van der Waals surface area contributed by atoms with E-state index in [-0.39, 0.29) is 0 Å². The van der Waals surface area contributed by atoms with Crippen LogP contribution >= 0.6 is 0 Å². The van der Waals surface area contributed by atoms with Crippen LogP contribution in [0.25, 0.3) is 0 Å². The molecule has 2 heterocycles. The lowest BCUT2D eigenvalue weighted by molar-refractivity contribution is 0.0459. The lowest BCUT2D eigenvalue weighted by atomic mass is 10.0. The van der Waals surface area contributed by atoms with Crippen LogP contribution in [0.4, 0.5) is 0 Å². The molecular formula is C16H32N4. The molecule has 0 spiro atoms. The van der Waals surface area contributed by atoms with Gasteiger partial charge in [0.2, 0.25) is 0 Å². The van der Waals surface area contributed by atoms with E-state index in [1.807, 2.05) is 0 Å². The average Bonchev–Trinajstić information content (AvgIpc) is 3.27. The Morgan fingerprint density at radius 2 is 1.85 bits per heavy atom. The molecule has 2 saturated heterocycles. The standard InChI is InChI=1S/C16H32N4/c1-4-14-9-17-16(13-5-6-13)12-20(14)11-15-10-18(2)7-8-19(15)3/h13-17H,4-12H2,1-3H3. The highest BCUT2D eigenvalue weighted by Gasteiger charge is 2.37. The number of rotatable bonds is 4. The number of piperazine rings is 2. The molecule has 4 nitrogen and oxygen atoms in total. The Bertz CT molecular complexity index is 318. The number of hydrogen-bond donors (Lipinski definition) is 1. The van der Waals surface area contributed by atoms with E-state index in [1.54, 1.807) is 0 Å². The van der Waals surface area contributed by atoms with Crippen molar-refractivity contribution in [2.24, 2.45) is 5.92 Å². The molecule has 1 N–H and O–H groups in total. The van der Waals surface area contributed by atoms with E-state index in [2.05, 4.69) is 41.0 Å². The third-order valence-electron chi connectivity index (χ3n) is 5.65. The molecule has 3 rings (SSSR count). The predicted molar refractivity (Wildman–Crippen MR) is 84.1 cm³/mol. The van der Waals surface area contributed by atoms with Crippen molar-refractivity contribution in [2.75, 3.05) is 53.4 Å². The van der Waals surface area contributed by atoms with E-state index < -0.39 is 0 Å². The summed E-state index contributed by atoms with van der Waals surface area (Å²) in [7, 11) is 4.57. The summed E-state index contributed by atoms with van der Waals surface area (Å²) >= 11 is 0. The monoisotopic (exact) mass is 280 g/mol. The Balaban J connectivity index is 1.59. The van der Waals surface area contributed by atoms with Gasteiger partial charge in [-0.05, 0) is 39.3 Å². The van der Waals surface area contributed by atoms with E-state index in [9.17, 15) is 0 Å². The molecular weight excluding hydrogens is 248 g/mol. The maximum Gasteiger partial charge on any atom is 0.0347 e. The van der Waals surface area contributed by atoms with Crippen LogP contribution in [0.5, 0.6) is 0 Å². The quantitative estimate of drug-likeness (QED) is 0.818. The number of nitrogens with one attached hydrogen (secondary N) is 1. The maximum atomic E-state index is 3.80. The predicted octanol–water partition coefficient (Wildman–Crippen LogP) is 0.695. The molecule has 20 heavy (non-hydrogen) atoms. The molecule has 1 saturated carbocycles. The first-order valence-electron chi connectivity index (χ1n) is 8.53. The molecule has 2 aliphatic heterocycles. The summed E-state index contributed by atoms with van der Waals surface area (Å²) in [6.45, 7) is 9.73. The summed E-state index contributed by atoms with van der Waals surface area (Å²) in [5, 5.41) is 3.80. The minimum absolute atomic E-state index is 0.709. The van der Waals surface area contributed by atoms with Gasteiger partial charge >= 0.3 is 0 Å². The molecule has 0 aromatic rings. The first-order valence-corrected chi connectivity index (χ1v) is 8.53. The summed E-state index contributed by atoms with van der Waals surface area (Å²) in [6.07, 6.45) is 4.18. The lowest BCUT2D eigenvalue weighted by Gasteiger charge is -2.45. The zero-order valence-electron chi connectivity index (χ0n) is 13.5. The van der Waals surface area contributed by atoms with Crippen molar-refractivity contribution in [3.05, 3.63) is 0 Å². The molecule has 3 unspecified atom stereocenters. The third kappa shape index (κ3) is 3.35. The van der Waals surface area contributed by atoms with Crippen LogP contribution in [-0.4, -0.2) is 86.2 Å². The molecule has 3 atom stereocenters. The van der Waals surface area contributed by atoms with Gasteiger partial charge < -0.3 is 10.2 Å². The van der Waals surface area contributed by atoms with Crippen LogP contribution in [0, 0.1) is 5.92 Å². The van der Waals surface area contributed by atoms with Crippen molar-refractivity contribution in [2.45, 2.75) is 44.3 Å². The normalized spacial score (nSPS) is 38.2. The van der Waals surface area contributed by atoms with Crippen LogP contribution in [0.3, 0.4) is 0 Å². The van der Waals surface area contributed by atoms with Crippen molar-refractivity contribution in [1.29, 1.82) is 0 Å². The Kier molecular flexibility index (Phi) is 4.65. The van der Waals surface area contributed by atoms with Crippen molar-refractivity contribution < 1.29 is 0 Å². The largest absolute Gasteiger partial charge is 0.311 e. The van der Waals surface area contributed by atoms with Crippen LogP contribution in [0.1, 0.15) is 26.2 Å². The highest BCUT2D eigenvalue weighted by Crippen LogP contribution is 2.34. The van der Waals surface area contributed by atoms with Gasteiger partial charge in [-0.2, -0.15) is 0 Å². The Morgan fingerprint density at radius 3 is 2.55 bits per heavy atom. The third-order valence-corrected chi connectivity index (χ3v) is 5.65. The Morgan fingerprint density at radius 1 is 1.05 bits per heavy atom. The second-order valence-electron chi connectivity index (χ2n) is 7.26. The zero-order valence-corrected chi connectivity index (χ0v) is 13.5. The Labute approximate surface area is 124 Å². The van der Waals surface area contributed by atoms with Gasteiger partial charge in [-0.25, -0.2) is 0 Å². The summed E-state index contributed by atoms with van der Waals surface area (Å²) in [5.41, 5.74) is 0. The lowest BCUT2D eigenvalue weighted by Crippen LogP contribution is -2.62. The van der Waals surface area contributed by atoms with E-state index >= 15 is 0 Å². The van der Waals surface area contributed by atoms with E-state index in [0.29, 0.717) is 6.04 Å². The molecule has 0 amide bonds. The van der Waals surface area contributed by atoms with Crippen LogP contribution in [0.15, 0.2) is 0 Å². The SMILES string of the molecule is CCC1CNC(C2CC2)CN1CC1CN(C)CCN1C. The summed E-state index contributed by atoms with van der Waals surface area (Å²) in [4.78, 5) is 7.85. The second-order valence-corrected chi connectivity index (χ2v) is 7.26. The minimum atomic E-state index is 0.709. The molecule has 116 valence electrons. The molecule has 0 bridgehead atoms. The van der Waals surface area contributed by atoms with Crippen molar-refractivity contribution >= 4 is 0 Å². The first kappa shape index (κ1) is 14.8. The van der Waals surface area contributed by atoms with E-state index in [0.717, 1.165) is 18.0 Å². The molecule has 0 radical (unpaired) electrons. The molecule has 4 heteroatoms. The molecule has 0 aromatic carbocycles. The minimum Gasteiger partial charge on any atom is -0.311 e. The van der Waals surface area contributed by atoms with Gasteiger partial charge in [0, 0.05) is 57.4 Å². The van der Waals surface area contributed by atoms with Gasteiger partial charge in [0.15, 0.2) is 0 Å². The molecule has 0 aromatic heterocycles. The van der Waals surface area contributed by atoms with Gasteiger partial charge in [0.05, 0.1) is 0 Å². The van der Waals surface area contributed by atoms with Crippen molar-refractivity contribution in [1.82, 2.24) is 20.0 Å². The fourth-order valence-corrected chi connectivity index (χ4v) is 3.89. The number of likely N-dealkylation sites (N-methyl/N-ethyl adjacent to an activating group) is 2. The van der Waals surface area contributed by atoms with Crippen molar-refractivity contribution in [3.63, 3.8) is 0 Å². The number of hydrogen-bond acceptors (Lipinski definition) is 4. The van der Waals surface area contributed by atoms with Crippen molar-refractivity contribution in [3.8, 4) is 0 Å². The van der Waals surface area contributed by atoms with Crippen LogP contribution in [-0.2, 0) is 0 Å². The maximum absolute atomic E-state index is 3.80. The van der Waals surface area contributed by atoms with Gasteiger partial charge in [-0.1, -0.05) is 6.92 Å². The van der Waals surface area contributed by atoms with Gasteiger partial charge in [0.1, 0.15) is 0 Å². The average molecular weight is 280 g/mol. The fraction of sp³-hybridized carbons (Fsp3) is 1.00. The smallest absolute Gasteiger partial charge is 0.0347 e.